The molecule has 0 aromatic heterocycles. The van der Waals surface area contributed by atoms with Gasteiger partial charge >= 0.3 is 0 Å². The van der Waals surface area contributed by atoms with Gasteiger partial charge in [-0.15, -0.1) is 0 Å². The van der Waals surface area contributed by atoms with Gasteiger partial charge in [0.2, 0.25) is 0 Å². The molecular weight excluding hydrogens is 353 g/mol. The molecule has 0 fully saturated rings. The van der Waals surface area contributed by atoms with Crippen molar-refractivity contribution in [2.75, 3.05) is 11.9 Å². The summed E-state index contributed by atoms with van der Waals surface area (Å²) in [7, 11) is 0. The van der Waals surface area contributed by atoms with Crippen LogP contribution in [0.2, 0.25) is 0 Å². The number of hydrogen-bond donors (Lipinski definition) is 1. The first kappa shape index (κ1) is 12.4. The van der Waals surface area contributed by atoms with Gasteiger partial charge in [-0.1, -0.05) is 39.1 Å². The van der Waals surface area contributed by atoms with E-state index < -0.39 is 0 Å². The molecule has 1 nitrogen and oxygen atoms in total. The first-order chi connectivity index (χ1) is 6.63. The van der Waals surface area contributed by atoms with Crippen molar-refractivity contribution in [2.45, 2.75) is 0 Å². The molecule has 14 heavy (non-hydrogen) atoms. The van der Waals surface area contributed by atoms with E-state index in [2.05, 4.69) is 37.2 Å². The third kappa shape index (κ3) is 3.81. The normalized spacial score (nSPS) is 11.6. The summed E-state index contributed by atoms with van der Waals surface area (Å²) < 4.78 is 1.99. The Morgan fingerprint density at radius 1 is 1.43 bits per heavy atom. The molecule has 0 bridgehead atoms. The fraction of sp³-hybridized carbons (Fsp3) is 0.111. The highest BCUT2D eigenvalue weighted by Crippen LogP contribution is 2.26. The van der Waals surface area contributed by atoms with Gasteiger partial charge in [-0.05, 0) is 34.1 Å². The van der Waals surface area contributed by atoms with E-state index in [-0.39, 0.29) is 0 Å². The maximum Gasteiger partial charge on any atom is 0.0517 e. The van der Waals surface area contributed by atoms with Crippen LogP contribution >= 0.6 is 55.1 Å². The number of hydrogen-bond acceptors (Lipinski definition) is 1. The van der Waals surface area contributed by atoms with Crippen molar-refractivity contribution < 1.29 is 0 Å². The molecule has 0 amide bonds. The van der Waals surface area contributed by atoms with Gasteiger partial charge in [-0.3, -0.25) is 0 Å². The Hall–Kier alpha value is 0.300. The predicted molar refractivity (Wildman–Crippen MR) is 70.1 cm³/mol. The molecule has 0 saturated heterocycles. The van der Waals surface area contributed by atoms with Crippen LogP contribution in [0.15, 0.2) is 37.7 Å². The summed E-state index contributed by atoms with van der Waals surface area (Å²) in [5.41, 5.74) is 2.32. The molecule has 0 spiro atoms. The van der Waals surface area contributed by atoms with Crippen LogP contribution in [-0.2, 0) is 0 Å². The lowest BCUT2D eigenvalue weighted by molar-refractivity contribution is 1.30. The van der Waals surface area contributed by atoms with Crippen LogP contribution in [0.3, 0.4) is 0 Å². The molecule has 0 unspecified atom stereocenters. The maximum atomic E-state index is 5.75. The minimum Gasteiger partial charge on any atom is -0.379 e. The van der Waals surface area contributed by atoms with E-state index in [9.17, 15) is 0 Å². The third-order valence-corrected chi connectivity index (χ3v) is 3.30. The molecule has 76 valence electrons. The number of benzene rings is 1. The second-order valence-corrected chi connectivity index (χ2v) is 5.01. The van der Waals surface area contributed by atoms with E-state index in [1.165, 1.54) is 5.54 Å². The molecule has 0 aliphatic rings. The van der Waals surface area contributed by atoms with E-state index in [0.29, 0.717) is 11.6 Å². The Morgan fingerprint density at radius 3 is 2.79 bits per heavy atom. The Labute approximate surface area is 110 Å². The smallest absolute Gasteiger partial charge is 0.0517 e. The summed E-state index contributed by atoms with van der Waals surface area (Å²) >= 11 is 18.0. The Kier molecular flexibility index (Phi) is 5.31. The lowest BCUT2D eigenvalue weighted by atomic mass is 10.3. The molecule has 0 radical (unpaired) electrons. The van der Waals surface area contributed by atoms with Crippen molar-refractivity contribution in [3.8, 4) is 0 Å². The molecule has 1 N–H and O–H groups in total. The molecular formula is C9H7Br2Cl2N. The summed E-state index contributed by atoms with van der Waals surface area (Å²) in [5.74, 6) is 0. The van der Waals surface area contributed by atoms with Gasteiger partial charge in [-0.2, -0.15) is 0 Å². The van der Waals surface area contributed by atoms with Crippen molar-refractivity contribution in [1.82, 2.24) is 0 Å². The zero-order chi connectivity index (χ0) is 10.6. The average Bonchev–Trinajstić information content (AvgIpc) is 2.19. The standard InChI is InChI=1S/C9H7Br2Cl2N/c10-6-1-2-8(11)9(3-6)14-5-7(13)4-12/h1-4,14H,5H2/b7-4+. The first-order valence-corrected chi connectivity index (χ1v) is 6.17. The molecule has 0 aliphatic carbocycles. The number of nitrogens with one attached hydrogen (secondary N) is 1. The van der Waals surface area contributed by atoms with E-state index in [4.69, 9.17) is 23.2 Å². The number of rotatable bonds is 3. The van der Waals surface area contributed by atoms with Crippen LogP contribution < -0.4 is 5.32 Å². The van der Waals surface area contributed by atoms with E-state index >= 15 is 0 Å². The summed E-state index contributed by atoms with van der Waals surface area (Å²) in [6.07, 6.45) is 0. The first-order valence-electron chi connectivity index (χ1n) is 3.77. The van der Waals surface area contributed by atoms with Crippen LogP contribution in [0.5, 0.6) is 0 Å². The Balaban J connectivity index is 2.71. The van der Waals surface area contributed by atoms with Crippen molar-refractivity contribution >= 4 is 60.7 Å². The van der Waals surface area contributed by atoms with Gasteiger partial charge in [0.05, 0.1) is 6.54 Å². The quantitative estimate of drug-likeness (QED) is 0.805. The Bertz CT molecular complexity index is 353. The molecule has 1 aromatic carbocycles. The van der Waals surface area contributed by atoms with Gasteiger partial charge in [0.1, 0.15) is 0 Å². The lowest BCUT2D eigenvalue weighted by Crippen LogP contribution is -2.01. The van der Waals surface area contributed by atoms with Crippen LogP contribution in [0.4, 0.5) is 5.69 Å². The van der Waals surface area contributed by atoms with Crippen molar-refractivity contribution in [1.29, 1.82) is 0 Å². The molecule has 0 aliphatic heterocycles. The zero-order valence-corrected chi connectivity index (χ0v) is 11.7. The lowest BCUT2D eigenvalue weighted by Gasteiger charge is -2.07. The van der Waals surface area contributed by atoms with Gasteiger partial charge in [0, 0.05) is 25.2 Å². The monoisotopic (exact) mass is 357 g/mol. The van der Waals surface area contributed by atoms with Gasteiger partial charge in [0.25, 0.3) is 0 Å². The van der Waals surface area contributed by atoms with Crippen molar-refractivity contribution in [2.24, 2.45) is 0 Å². The fourth-order valence-electron chi connectivity index (χ4n) is 0.851. The summed E-state index contributed by atoms with van der Waals surface area (Å²) in [4.78, 5) is 0. The van der Waals surface area contributed by atoms with Crippen molar-refractivity contribution in [3.63, 3.8) is 0 Å². The van der Waals surface area contributed by atoms with E-state index in [1.54, 1.807) is 0 Å². The topological polar surface area (TPSA) is 12.0 Å². The van der Waals surface area contributed by atoms with E-state index in [1.807, 2.05) is 18.2 Å². The average molecular weight is 360 g/mol. The molecule has 5 heteroatoms. The summed E-state index contributed by atoms with van der Waals surface area (Å²) in [6, 6.07) is 5.86. The predicted octanol–water partition coefficient (Wildman–Crippen LogP) is 4.94. The van der Waals surface area contributed by atoms with Crippen LogP contribution in [0.25, 0.3) is 0 Å². The van der Waals surface area contributed by atoms with Gasteiger partial charge in [0.15, 0.2) is 0 Å². The third-order valence-electron chi connectivity index (χ3n) is 1.49. The van der Waals surface area contributed by atoms with Crippen LogP contribution in [0, 0.1) is 0 Å². The van der Waals surface area contributed by atoms with Gasteiger partial charge < -0.3 is 5.32 Å². The zero-order valence-electron chi connectivity index (χ0n) is 7.03. The number of anilines is 1. The fourth-order valence-corrected chi connectivity index (χ4v) is 1.74. The molecule has 0 heterocycles. The maximum absolute atomic E-state index is 5.75. The second-order valence-electron chi connectivity index (χ2n) is 2.53. The number of halogens is 4. The minimum absolute atomic E-state index is 0.514. The minimum atomic E-state index is 0.514. The largest absolute Gasteiger partial charge is 0.379 e. The SMILES string of the molecule is Cl/C=C(/Cl)CNc1cc(Br)ccc1Br. The second kappa shape index (κ2) is 6.01. The molecule has 0 atom stereocenters. The Morgan fingerprint density at radius 2 is 2.14 bits per heavy atom. The van der Waals surface area contributed by atoms with Crippen molar-refractivity contribution in [3.05, 3.63) is 37.7 Å². The van der Waals surface area contributed by atoms with E-state index in [0.717, 1.165) is 14.6 Å². The molecule has 1 rings (SSSR count). The summed E-state index contributed by atoms with van der Waals surface area (Å²) in [5, 5.41) is 3.71. The highest BCUT2D eigenvalue weighted by atomic mass is 79.9. The molecule has 0 saturated carbocycles. The highest BCUT2D eigenvalue weighted by molar-refractivity contribution is 9.11. The van der Waals surface area contributed by atoms with Crippen LogP contribution in [0.1, 0.15) is 0 Å². The summed E-state index contributed by atoms with van der Waals surface area (Å²) in [6.45, 7) is 0.514. The highest BCUT2D eigenvalue weighted by Gasteiger charge is 2.00. The van der Waals surface area contributed by atoms with Gasteiger partial charge in [-0.25, -0.2) is 0 Å². The van der Waals surface area contributed by atoms with Crippen LogP contribution in [-0.4, -0.2) is 6.54 Å². The molecule has 1 aromatic rings.